The van der Waals surface area contributed by atoms with E-state index in [1.165, 1.54) is 193 Å². The van der Waals surface area contributed by atoms with Crippen LogP contribution >= 0.6 is 0 Å². The molecule has 0 atom stereocenters. The second kappa shape index (κ2) is 39.7. The maximum Gasteiger partial charge on any atom is 0.298 e. The van der Waals surface area contributed by atoms with E-state index in [0.29, 0.717) is 12.6 Å². The monoisotopic (exact) mass is 1540 g/mol. The molecular formula is C90H130N22O. The number of nitrogens with one attached hydrogen (secondary N) is 3. The Bertz CT molecular complexity index is 4650. The van der Waals surface area contributed by atoms with E-state index in [2.05, 4.69) is 134 Å². The molecule has 113 heavy (non-hydrogen) atoms. The average Bonchev–Trinajstić information content (AvgIpc) is 1.62. The highest BCUT2D eigenvalue weighted by Gasteiger charge is 2.26. The zero-order valence-corrected chi connectivity index (χ0v) is 70.1. The summed E-state index contributed by atoms with van der Waals surface area (Å²) in [6.07, 6.45) is 40.9. The lowest BCUT2D eigenvalue weighted by molar-refractivity contribution is 0.268. The molecule has 0 amide bonds. The fourth-order valence-electron chi connectivity index (χ4n) is 18.3. The molecule has 0 aliphatic heterocycles. The highest BCUT2D eigenvalue weighted by atomic mass is 16.5. The highest BCUT2D eigenvalue weighted by molar-refractivity contribution is 5.78. The summed E-state index contributed by atoms with van der Waals surface area (Å²) in [6, 6.07) is 25.2. The lowest BCUT2D eigenvalue weighted by Gasteiger charge is -2.22. The maximum absolute atomic E-state index is 6.03. The molecule has 23 nitrogen and oxygen atoms in total. The third-order valence-corrected chi connectivity index (χ3v) is 24.5. The van der Waals surface area contributed by atoms with E-state index in [1.54, 1.807) is 0 Å². The van der Waals surface area contributed by atoms with Crippen LogP contribution < -0.4 is 26.4 Å². The first-order valence-corrected chi connectivity index (χ1v) is 43.5. The van der Waals surface area contributed by atoms with Gasteiger partial charge in [-0.3, -0.25) is 22.8 Å². The Morgan fingerprint density at radius 3 is 0.805 bits per heavy atom. The molecule has 12 aromatic rings. The molecule has 0 spiro atoms. The van der Waals surface area contributed by atoms with E-state index in [9.17, 15) is 0 Å². The van der Waals surface area contributed by atoms with Crippen molar-refractivity contribution in [3.63, 3.8) is 0 Å². The van der Waals surface area contributed by atoms with E-state index in [0.717, 1.165) is 206 Å². The number of nitrogens with zero attached hydrogens (tertiary/aromatic N) is 18. The molecule has 6 saturated carbocycles. The number of nitrogens with two attached hydrogens (primary N) is 1. The number of imidazole rings is 6. The number of pyridine rings is 6. The van der Waals surface area contributed by atoms with E-state index < -0.39 is 0 Å². The summed E-state index contributed by atoms with van der Waals surface area (Å²) < 4.78 is 19.1. The van der Waals surface area contributed by atoms with Crippen molar-refractivity contribution in [3.8, 4) is 6.01 Å². The standard InChI is InChI=1S/C16H23N3O.3C15H22N4.C15H21N3.C14H20N4/c1-3-20-16-18-14-10-9-12(2)17-15(14)19(16)11-13-7-5-4-6-8-13;3*1-11-8-9-13-14(17-11)19(15(16-2)18-13)10-12-6-4-3-5-7-12;1-11-8-9-14-15(16-11)18(12(2)17-14)10-13-6-4-3-5-7-13;1-10-7-8-12-13(16-10)18(14(15)17-12)9-11-5-3-2-4-6-11/h9-10,13H,3-8,11H2,1-2H3;3*8-9,12H,3-7,10H2,1-2H3,(H,16,18);8-9,13H,3-7,10H2,1-2H3;7-8,11H,2-6,9H2,1H3,(H2,15,17). The van der Waals surface area contributed by atoms with E-state index in [4.69, 9.17) is 10.5 Å². The van der Waals surface area contributed by atoms with Gasteiger partial charge in [-0.15, -0.1) is 0 Å². The van der Waals surface area contributed by atoms with Crippen molar-refractivity contribution in [3.05, 3.63) is 113 Å². The highest BCUT2D eigenvalue weighted by Crippen LogP contribution is 2.35. The van der Waals surface area contributed by atoms with Crippen molar-refractivity contribution in [1.29, 1.82) is 0 Å². The van der Waals surface area contributed by atoms with Gasteiger partial charge in [0.15, 0.2) is 33.9 Å². The maximum atomic E-state index is 6.03. The Hall–Kier alpha value is -9.28. The predicted molar refractivity (Wildman–Crippen MR) is 462 cm³/mol. The smallest absolute Gasteiger partial charge is 0.298 e. The molecule has 23 heteroatoms. The van der Waals surface area contributed by atoms with Crippen LogP contribution in [0, 0.1) is 84.0 Å². The molecule has 0 bridgehead atoms. The van der Waals surface area contributed by atoms with Crippen LogP contribution in [0.2, 0.25) is 0 Å². The van der Waals surface area contributed by atoms with Crippen LogP contribution in [0.5, 0.6) is 6.01 Å². The number of fused-ring (bicyclic) bond motifs is 6. The van der Waals surface area contributed by atoms with E-state index >= 15 is 0 Å². The molecule has 18 rings (SSSR count). The lowest BCUT2D eigenvalue weighted by Crippen LogP contribution is -2.16. The Labute approximate surface area is 670 Å². The first-order valence-electron chi connectivity index (χ1n) is 43.5. The summed E-state index contributed by atoms with van der Waals surface area (Å²) in [6.45, 7) is 23.1. The largest absolute Gasteiger partial charge is 0.465 e. The van der Waals surface area contributed by atoms with Crippen LogP contribution in [0.3, 0.4) is 0 Å². The third kappa shape index (κ3) is 21.2. The summed E-state index contributed by atoms with van der Waals surface area (Å²) in [4.78, 5) is 55.4. The zero-order chi connectivity index (χ0) is 78.7. The zero-order valence-electron chi connectivity index (χ0n) is 70.1. The molecule has 5 N–H and O–H groups in total. The molecule has 12 aromatic heterocycles. The van der Waals surface area contributed by atoms with Crippen molar-refractivity contribution in [2.45, 2.75) is 287 Å². The number of ether oxygens (including phenoxy) is 1. The summed E-state index contributed by atoms with van der Waals surface area (Å²) in [7, 11) is 5.81. The van der Waals surface area contributed by atoms with Gasteiger partial charge in [-0.1, -0.05) is 116 Å². The summed E-state index contributed by atoms with van der Waals surface area (Å²) in [5.74, 6) is 9.17. The molecule has 606 valence electrons. The summed E-state index contributed by atoms with van der Waals surface area (Å²) in [5, 5.41) is 9.62. The number of hydrogen-bond acceptors (Lipinski definition) is 17. The molecule has 6 aliphatic rings. The van der Waals surface area contributed by atoms with Gasteiger partial charge in [0.25, 0.3) is 6.01 Å². The topological polar surface area (TPSA) is 256 Å². The van der Waals surface area contributed by atoms with Crippen molar-refractivity contribution in [2.75, 3.05) is 49.4 Å². The third-order valence-electron chi connectivity index (χ3n) is 24.5. The molecule has 6 fully saturated rings. The molecular weight excluding hydrogens is 1410 g/mol. The van der Waals surface area contributed by atoms with Gasteiger partial charge in [-0.2, -0.15) is 4.98 Å². The Balaban J connectivity index is 0.000000119. The van der Waals surface area contributed by atoms with Crippen LogP contribution in [0.1, 0.15) is 240 Å². The van der Waals surface area contributed by atoms with Crippen molar-refractivity contribution >= 4 is 90.8 Å². The van der Waals surface area contributed by atoms with Gasteiger partial charge in [-0.25, -0.2) is 54.8 Å². The van der Waals surface area contributed by atoms with Gasteiger partial charge in [0.05, 0.1) is 6.61 Å². The number of hydrogen-bond donors (Lipinski definition) is 4. The van der Waals surface area contributed by atoms with Crippen LogP contribution in [-0.2, 0) is 39.3 Å². The Kier molecular flexibility index (Phi) is 28.7. The van der Waals surface area contributed by atoms with Crippen LogP contribution in [0.15, 0.2) is 72.8 Å². The number of aryl methyl sites for hydroxylation is 7. The first kappa shape index (κ1) is 81.7. The summed E-state index contributed by atoms with van der Waals surface area (Å²) in [5.41, 5.74) is 24.2. The molecule has 12 heterocycles. The van der Waals surface area contributed by atoms with Crippen molar-refractivity contribution in [2.24, 2.45) is 35.5 Å². The Morgan fingerprint density at radius 2 is 0.513 bits per heavy atom. The molecule has 0 radical (unpaired) electrons. The van der Waals surface area contributed by atoms with Crippen LogP contribution in [0.4, 0.5) is 23.8 Å². The minimum atomic E-state index is 0.605. The second-order valence-corrected chi connectivity index (χ2v) is 33.5. The number of rotatable bonds is 17. The molecule has 0 saturated heterocycles. The van der Waals surface area contributed by atoms with Gasteiger partial charge >= 0.3 is 0 Å². The minimum Gasteiger partial charge on any atom is -0.465 e. The van der Waals surface area contributed by atoms with Gasteiger partial charge in [-0.05, 0) is 241 Å². The second-order valence-electron chi connectivity index (χ2n) is 33.5. The lowest BCUT2D eigenvalue weighted by atomic mass is 9.89. The van der Waals surface area contributed by atoms with Gasteiger partial charge < -0.3 is 31.0 Å². The number of aromatic nitrogens is 18. The normalized spacial score (nSPS) is 17.1. The molecule has 0 unspecified atom stereocenters. The summed E-state index contributed by atoms with van der Waals surface area (Å²) >= 11 is 0. The number of anilines is 4. The van der Waals surface area contributed by atoms with Crippen molar-refractivity contribution < 1.29 is 4.74 Å². The van der Waals surface area contributed by atoms with Crippen molar-refractivity contribution in [1.82, 2.24) is 87.2 Å². The van der Waals surface area contributed by atoms with Gasteiger partial charge in [0.2, 0.25) is 23.8 Å². The Morgan fingerprint density at radius 1 is 0.283 bits per heavy atom. The fourth-order valence-corrected chi connectivity index (χ4v) is 18.3. The van der Waals surface area contributed by atoms with E-state index in [1.807, 2.05) is 118 Å². The minimum absolute atomic E-state index is 0.605. The quantitative estimate of drug-likeness (QED) is 0.0661. The van der Waals surface area contributed by atoms with Gasteiger partial charge in [0, 0.05) is 94.6 Å². The first-order chi connectivity index (χ1) is 55.1. The van der Waals surface area contributed by atoms with E-state index in [-0.39, 0.29) is 0 Å². The average molecular weight is 1540 g/mol. The SMILES string of the molecule is CCOc1nc2ccc(C)nc2n1CC1CCCCC1.CNc1nc2ccc(C)nc2n1CC1CCCCC1.CNc1nc2ccc(C)nc2n1CC1CCCCC1.CNc1nc2ccc(C)nc2n1CC1CCCCC1.Cc1ccc2nc(C)n(CC3CCCCC3)c2n1.Cc1ccc2nc(N)n(CC3CCCCC3)c2n1. The van der Waals surface area contributed by atoms with Crippen LogP contribution in [-0.4, -0.2) is 115 Å². The van der Waals surface area contributed by atoms with Gasteiger partial charge in [0.1, 0.15) is 38.9 Å². The molecule has 0 aromatic carbocycles. The molecule has 6 aliphatic carbocycles. The predicted octanol–water partition coefficient (Wildman–Crippen LogP) is 20.3. The fraction of sp³-hybridized carbons (Fsp3) is 0.600. The number of nitrogen functional groups attached to an aromatic ring is 1. The van der Waals surface area contributed by atoms with Crippen LogP contribution in [0.25, 0.3) is 67.0 Å².